The quantitative estimate of drug-likeness (QED) is 0.864. The second kappa shape index (κ2) is 6.56. The normalized spacial score (nSPS) is 12.2. The summed E-state index contributed by atoms with van der Waals surface area (Å²) in [5, 5.41) is 16.2. The lowest BCUT2D eigenvalue weighted by Crippen LogP contribution is -2.29. The van der Waals surface area contributed by atoms with Crippen molar-refractivity contribution >= 4 is 21.8 Å². The lowest BCUT2D eigenvalue weighted by Gasteiger charge is -2.09. The van der Waals surface area contributed by atoms with Gasteiger partial charge in [0.05, 0.1) is 6.42 Å². The second-order valence-corrected chi connectivity index (χ2v) is 5.30. The minimum absolute atomic E-state index is 0.00969. The van der Waals surface area contributed by atoms with Gasteiger partial charge in [0.2, 0.25) is 5.91 Å². The number of H-pyrrole nitrogens is 1. The lowest BCUT2D eigenvalue weighted by atomic mass is 10.1. The summed E-state index contributed by atoms with van der Waals surface area (Å²) in [6.45, 7) is 2.23. The summed E-state index contributed by atoms with van der Waals surface area (Å²) >= 11 is 3.25. The molecule has 0 aliphatic heterocycles. The van der Waals surface area contributed by atoms with Crippen LogP contribution in [0.15, 0.2) is 22.7 Å². The molecule has 0 aliphatic rings. The first kappa shape index (κ1) is 14.6. The second-order valence-electron chi connectivity index (χ2n) is 4.39. The zero-order chi connectivity index (χ0) is 14.5. The molecule has 1 aromatic carbocycles. The highest BCUT2D eigenvalue weighted by Crippen LogP contribution is 2.16. The number of carbonyl (C=O) groups is 1. The highest BCUT2D eigenvalue weighted by atomic mass is 79.9. The van der Waals surface area contributed by atoms with Crippen LogP contribution in [0.1, 0.15) is 24.2 Å². The SMILES string of the molecule is C[C@H](CNC(=O)Cc1cc(Br)ccc1F)c1nn[nH]n1. The standard InChI is InChI=1S/C12H13BrFN5O/c1-7(12-16-18-19-17-12)6-15-11(20)5-8-4-9(13)2-3-10(8)14/h2-4,7H,5-6H2,1H3,(H,15,20)(H,16,17,18,19)/t7-/m1/s1. The van der Waals surface area contributed by atoms with Crippen molar-refractivity contribution < 1.29 is 9.18 Å². The van der Waals surface area contributed by atoms with Crippen LogP contribution in [0.5, 0.6) is 0 Å². The molecule has 0 unspecified atom stereocenters. The Morgan fingerprint density at radius 1 is 1.55 bits per heavy atom. The highest BCUT2D eigenvalue weighted by molar-refractivity contribution is 9.10. The monoisotopic (exact) mass is 341 g/mol. The molecule has 0 saturated carbocycles. The molecule has 0 aliphatic carbocycles. The number of halogens is 2. The van der Waals surface area contributed by atoms with E-state index in [9.17, 15) is 9.18 Å². The molecule has 0 spiro atoms. The van der Waals surface area contributed by atoms with Crippen LogP contribution in [-0.2, 0) is 11.2 Å². The summed E-state index contributed by atoms with van der Waals surface area (Å²) in [5.41, 5.74) is 0.351. The molecule has 1 atom stereocenters. The number of hydrogen-bond acceptors (Lipinski definition) is 4. The average molecular weight is 342 g/mol. The summed E-state index contributed by atoms with van der Waals surface area (Å²) < 4.78 is 14.3. The number of aromatic nitrogens is 4. The van der Waals surface area contributed by atoms with Crippen LogP contribution in [0.25, 0.3) is 0 Å². The van der Waals surface area contributed by atoms with Crippen molar-refractivity contribution in [2.75, 3.05) is 6.54 Å². The first-order valence-electron chi connectivity index (χ1n) is 6.00. The lowest BCUT2D eigenvalue weighted by molar-refractivity contribution is -0.120. The topological polar surface area (TPSA) is 83.6 Å². The number of tetrazole rings is 1. The minimum atomic E-state index is -0.394. The molecule has 1 aromatic heterocycles. The first-order valence-corrected chi connectivity index (χ1v) is 6.79. The maximum Gasteiger partial charge on any atom is 0.224 e. The van der Waals surface area contributed by atoms with Crippen molar-refractivity contribution in [3.8, 4) is 0 Å². The average Bonchev–Trinajstić information content (AvgIpc) is 2.94. The number of hydrogen-bond donors (Lipinski definition) is 2. The number of nitrogens with one attached hydrogen (secondary N) is 2. The summed E-state index contributed by atoms with van der Waals surface area (Å²) in [5.74, 6) is -0.184. The van der Waals surface area contributed by atoms with Crippen LogP contribution in [0.3, 0.4) is 0 Å². The van der Waals surface area contributed by atoms with Gasteiger partial charge in [-0.2, -0.15) is 5.21 Å². The van der Waals surface area contributed by atoms with Gasteiger partial charge >= 0.3 is 0 Å². The van der Waals surface area contributed by atoms with Crippen LogP contribution in [0.2, 0.25) is 0 Å². The Kier molecular flexibility index (Phi) is 4.78. The molecule has 0 saturated heterocycles. The van der Waals surface area contributed by atoms with Gasteiger partial charge in [0.1, 0.15) is 5.82 Å². The molecule has 1 amide bonds. The van der Waals surface area contributed by atoms with Crippen molar-refractivity contribution in [3.05, 3.63) is 39.9 Å². The summed E-state index contributed by atoms with van der Waals surface area (Å²) in [7, 11) is 0. The summed E-state index contributed by atoms with van der Waals surface area (Å²) in [4.78, 5) is 11.8. The minimum Gasteiger partial charge on any atom is -0.355 e. The van der Waals surface area contributed by atoms with Gasteiger partial charge in [-0.25, -0.2) is 4.39 Å². The molecule has 2 N–H and O–H groups in total. The first-order chi connectivity index (χ1) is 9.56. The number of nitrogens with zero attached hydrogens (tertiary/aromatic N) is 3. The van der Waals surface area contributed by atoms with E-state index in [2.05, 4.69) is 41.9 Å². The largest absolute Gasteiger partial charge is 0.355 e. The Morgan fingerprint density at radius 2 is 2.35 bits per heavy atom. The molecule has 20 heavy (non-hydrogen) atoms. The van der Waals surface area contributed by atoms with Crippen molar-refractivity contribution in [1.82, 2.24) is 25.9 Å². The van der Waals surface area contributed by atoms with E-state index in [0.717, 1.165) is 4.47 Å². The van der Waals surface area contributed by atoms with Gasteiger partial charge in [-0.3, -0.25) is 4.79 Å². The number of amides is 1. The van der Waals surface area contributed by atoms with Gasteiger partial charge in [0.25, 0.3) is 0 Å². The van der Waals surface area contributed by atoms with E-state index in [0.29, 0.717) is 17.9 Å². The number of rotatable bonds is 5. The van der Waals surface area contributed by atoms with Crippen molar-refractivity contribution in [1.29, 1.82) is 0 Å². The molecule has 0 fully saturated rings. The predicted octanol–water partition coefficient (Wildman–Crippen LogP) is 1.56. The van der Waals surface area contributed by atoms with E-state index >= 15 is 0 Å². The van der Waals surface area contributed by atoms with E-state index in [-0.39, 0.29) is 18.2 Å². The van der Waals surface area contributed by atoms with E-state index in [1.807, 2.05) is 6.92 Å². The third-order valence-corrected chi connectivity index (χ3v) is 3.26. The Morgan fingerprint density at radius 3 is 3.05 bits per heavy atom. The number of carbonyl (C=O) groups excluding carboxylic acids is 1. The Hall–Kier alpha value is -1.83. The molecule has 6 nitrogen and oxygen atoms in total. The Labute approximate surface area is 123 Å². The van der Waals surface area contributed by atoms with Gasteiger partial charge in [0.15, 0.2) is 5.82 Å². The molecule has 0 radical (unpaired) electrons. The number of aromatic amines is 1. The van der Waals surface area contributed by atoms with Crippen molar-refractivity contribution in [2.45, 2.75) is 19.3 Å². The Bertz CT molecular complexity index is 590. The fourth-order valence-electron chi connectivity index (χ4n) is 1.65. The van der Waals surface area contributed by atoms with E-state index < -0.39 is 5.82 Å². The van der Waals surface area contributed by atoms with E-state index in [1.54, 1.807) is 12.1 Å². The van der Waals surface area contributed by atoms with E-state index in [4.69, 9.17) is 0 Å². The fourth-order valence-corrected chi connectivity index (χ4v) is 2.06. The van der Waals surface area contributed by atoms with Crippen LogP contribution < -0.4 is 5.32 Å². The van der Waals surface area contributed by atoms with Crippen LogP contribution >= 0.6 is 15.9 Å². The van der Waals surface area contributed by atoms with Gasteiger partial charge in [-0.1, -0.05) is 28.1 Å². The Balaban J connectivity index is 1.88. The third kappa shape index (κ3) is 3.83. The summed E-state index contributed by atoms with van der Waals surface area (Å²) in [6.07, 6.45) is -0.00969. The van der Waals surface area contributed by atoms with Crippen molar-refractivity contribution in [2.24, 2.45) is 0 Å². The molecule has 2 aromatic rings. The smallest absolute Gasteiger partial charge is 0.224 e. The zero-order valence-electron chi connectivity index (χ0n) is 10.7. The number of benzene rings is 1. The van der Waals surface area contributed by atoms with Gasteiger partial charge < -0.3 is 5.32 Å². The molecule has 106 valence electrons. The molecule has 8 heteroatoms. The van der Waals surface area contributed by atoms with Gasteiger partial charge in [0, 0.05) is 16.9 Å². The van der Waals surface area contributed by atoms with Gasteiger partial charge in [-0.15, -0.1) is 10.2 Å². The van der Waals surface area contributed by atoms with E-state index in [1.165, 1.54) is 6.07 Å². The highest BCUT2D eigenvalue weighted by Gasteiger charge is 2.13. The molecule has 0 bridgehead atoms. The molecule has 2 rings (SSSR count). The maximum atomic E-state index is 13.5. The van der Waals surface area contributed by atoms with Crippen LogP contribution in [0.4, 0.5) is 4.39 Å². The van der Waals surface area contributed by atoms with Crippen LogP contribution in [-0.4, -0.2) is 33.1 Å². The third-order valence-electron chi connectivity index (χ3n) is 2.77. The van der Waals surface area contributed by atoms with Crippen molar-refractivity contribution in [3.63, 3.8) is 0 Å². The fraction of sp³-hybridized carbons (Fsp3) is 0.333. The summed E-state index contributed by atoms with van der Waals surface area (Å²) in [6, 6.07) is 4.52. The molecular formula is C12H13BrFN5O. The molecular weight excluding hydrogens is 329 g/mol. The van der Waals surface area contributed by atoms with Crippen LogP contribution in [0, 0.1) is 5.82 Å². The predicted molar refractivity (Wildman–Crippen MR) is 73.4 cm³/mol. The zero-order valence-corrected chi connectivity index (χ0v) is 12.3. The van der Waals surface area contributed by atoms with Gasteiger partial charge in [-0.05, 0) is 23.8 Å². The molecule has 1 heterocycles. The maximum absolute atomic E-state index is 13.5.